The lowest BCUT2D eigenvalue weighted by Crippen LogP contribution is -2.30. The van der Waals surface area contributed by atoms with Crippen LogP contribution in [-0.2, 0) is 11.3 Å². The molecule has 3 rings (SSSR count). The molecule has 0 aliphatic carbocycles. The summed E-state index contributed by atoms with van der Waals surface area (Å²) < 4.78 is 4.78. The number of esters is 1. The molecule has 0 saturated carbocycles. The minimum absolute atomic E-state index is 0.249. The lowest BCUT2D eigenvalue weighted by molar-refractivity contribution is 0.0606. The van der Waals surface area contributed by atoms with Gasteiger partial charge in [0, 0.05) is 50.3 Å². The van der Waals surface area contributed by atoms with Crippen LogP contribution in [0.1, 0.15) is 27.3 Å². The molecule has 6 heteroatoms. The number of anilines is 1. The number of hydrogen-bond acceptors (Lipinski definition) is 6. The minimum atomic E-state index is -0.249. The summed E-state index contributed by atoms with van der Waals surface area (Å²) in [5.41, 5.74) is 3.50. The fourth-order valence-electron chi connectivity index (χ4n) is 3.04. The molecule has 1 saturated heterocycles. The Morgan fingerprint density at radius 2 is 2.17 bits per heavy atom. The molecule has 128 valence electrons. The predicted octanol–water partition coefficient (Wildman–Crippen LogP) is 2.95. The highest BCUT2D eigenvalue weighted by Crippen LogP contribution is 2.20. The summed E-state index contributed by atoms with van der Waals surface area (Å²) in [5, 5.41) is 2.06. The van der Waals surface area contributed by atoms with Gasteiger partial charge in [-0.1, -0.05) is 0 Å². The summed E-state index contributed by atoms with van der Waals surface area (Å²) in [6.45, 7) is 7.09. The largest absolute Gasteiger partial charge is 0.465 e. The van der Waals surface area contributed by atoms with Crippen LogP contribution in [0.5, 0.6) is 0 Å². The molecule has 5 nitrogen and oxygen atoms in total. The number of aryl methyl sites for hydroxylation is 1. The van der Waals surface area contributed by atoms with E-state index in [4.69, 9.17) is 4.74 Å². The van der Waals surface area contributed by atoms with Gasteiger partial charge in [-0.05, 0) is 42.5 Å². The molecule has 0 unspecified atom stereocenters. The number of nitrogens with zero attached hydrogens (tertiary/aromatic N) is 3. The lowest BCUT2D eigenvalue weighted by Gasteiger charge is -2.23. The second-order valence-corrected chi connectivity index (χ2v) is 6.99. The molecule has 0 amide bonds. The highest BCUT2D eigenvalue weighted by Gasteiger charge is 2.17. The maximum absolute atomic E-state index is 11.6. The number of ether oxygens (including phenoxy) is 1. The monoisotopic (exact) mass is 345 g/mol. The van der Waals surface area contributed by atoms with Gasteiger partial charge in [0.25, 0.3) is 0 Å². The molecule has 0 spiro atoms. The van der Waals surface area contributed by atoms with Crippen molar-refractivity contribution < 1.29 is 9.53 Å². The van der Waals surface area contributed by atoms with Crippen molar-refractivity contribution in [2.75, 3.05) is 38.2 Å². The topological polar surface area (TPSA) is 45.7 Å². The predicted molar refractivity (Wildman–Crippen MR) is 96.7 cm³/mol. The first kappa shape index (κ1) is 16.9. The number of carbonyl (C=O) groups excluding carboxylic acids is 1. The van der Waals surface area contributed by atoms with Crippen molar-refractivity contribution in [1.29, 1.82) is 0 Å². The standard InChI is InChI=1S/C18H23N3O2S/c1-14-10-16(4-5-19-14)21-7-3-6-20(8-9-21)12-15-11-17(24-13-15)18(22)23-2/h4-5,10-11,13H,3,6-9,12H2,1-2H3. The van der Waals surface area contributed by atoms with Crippen molar-refractivity contribution in [3.8, 4) is 0 Å². The Morgan fingerprint density at radius 3 is 2.96 bits per heavy atom. The van der Waals surface area contributed by atoms with E-state index in [-0.39, 0.29) is 5.97 Å². The van der Waals surface area contributed by atoms with E-state index in [2.05, 4.69) is 32.3 Å². The molecule has 0 atom stereocenters. The normalized spacial score (nSPS) is 16.0. The Hall–Kier alpha value is -1.92. The molecule has 3 heterocycles. The third-order valence-corrected chi connectivity index (χ3v) is 5.24. The fraction of sp³-hybridized carbons (Fsp3) is 0.444. The van der Waals surface area contributed by atoms with Gasteiger partial charge in [0.2, 0.25) is 0 Å². The average Bonchev–Trinajstić information content (AvgIpc) is 2.92. The molecule has 0 N–H and O–H groups in total. The molecule has 1 aliphatic heterocycles. The van der Waals surface area contributed by atoms with Gasteiger partial charge in [0.15, 0.2) is 0 Å². The molecular formula is C18H23N3O2S. The maximum atomic E-state index is 11.6. The molecule has 0 aromatic carbocycles. The van der Waals surface area contributed by atoms with Crippen LogP contribution < -0.4 is 4.90 Å². The van der Waals surface area contributed by atoms with E-state index in [0.29, 0.717) is 4.88 Å². The van der Waals surface area contributed by atoms with E-state index >= 15 is 0 Å². The smallest absolute Gasteiger partial charge is 0.348 e. The van der Waals surface area contributed by atoms with Gasteiger partial charge >= 0.3 is 5.97 Å². The van der Waals surface area contributed by atoms with Gasteiger partial charge < -0.3 is 9.64 Å². The van der Waals surface area contributed by atoms with Crippen LogP contribution in [0.25, 0.3) is 0 Å². The first-order valence-electron chi connectivity index (χ1n) is 8.21. The number of methoxy groups -OCH3 is 1. The fourth-order valence-corrected chi connectivity index (χ4v) is 3.86. The van der Waals surface area contributed by atoms with E-state index in [1.165, 1.54) is 29.7 Å². The summed E-state index contributed by atoms with van der Waals surface area (Å²) in [7, 11) is 1.42. The molecule has 2 aromatic heterocycles. The van der Waals surface area contributed by atoms with Gasteiger partial charge in [-0.2, -0.15) is 0 Å². The van der Waals surface area contributed by atoms with Crippen molar-refractivity contribution in [1.82, 2.24) is 9.88 Å². The van der Waals surface area contributed by atoms with Crippen LogP contribution in [0.2, 0.25) is 0 Å². The Kier molecular flexibility index (Phi) is 5.48. The van der Waals surface area contributed by atoms with Gasteiger partial charge in [-0.25, -0.2) is 4.79 Å². The van der Waals surface area contributed by atoms with E-state index in [9.17, 15) is 4.79 Å². The maximum Gasteiger partial charge on any atom is 0.348 e. The van der Waals surface area contributed by atoms with E-state index in [0.717, 1.165) is 44.8 Å². The van der Waals surface area contributed by atoms with E-state index in [1.807, 2.05) is 19.2 Å². The Bertz CT molecular complexity index is 701. The quantitative estimate of drug-likeness (QED) is 0.797. The van der Waals surface area contributed by atoms with Gasteiger partial charge in [-0.3, -0.25) is 9.88 Å². The van der Waals surface area contributed by atoms with Gasteiger partial charge in [0.1, 0.15) is 4.88 Å². The van der Waals surface area contributed by atoms with Crippen molar-refractivity contribution in [2.45, 2.75) is 19.9 Å². The number of thiophene rings is 1. The lowest BCUT2D eigenvalue weighted by atomic mass is 10.2. The summed E-state index contributed by atoms with van der Waals surface area (Å²) in [4.78, 5) is 21.4. The summed E-state index contributed by atoms with van der Waals surface area (Å²) >= 11 is 1.46. The molecule has 1 aliphatic rings. The molecule has 24 heavy (non-hydrogen) atoms. The van der Waals surface area contributed by atoms with Crippen molar-refractivity contribution in [2.24, 2.45) is 0 Å². The van der Waals surface area contributed by atoms with Gasteiger partial charge in [0.05, 0.1) is 7.11 Å². The van der Waals surface area contributed by atoms with Crippen LogP contribution in [0, 0.1) is 6.92 Å². The second kappa shape index (κ2) is 7.77. The number of pyridine rings is 1. The van der Waals surface area contributed by atoms with Crippen molar-refractivity contribution in [3.05, 3.63) is 45.9 Å². The minimum Gasteiger partial charge on any atom is -0.465 e. The zero-order valence-electron chi connectivity index (χ0n) is 14.2. The Labute approximate surface area is 146 Å². The number of hydrogen-bond donors (Lipinski definition) is 0. The van der Waals surface area contributed by atoms with Gasteiger partial charge in [-0.15, -0.1) is 11.3 Å². The summed E-state index contributed by atoms with van der Waals surface area (Å²) in [5.74, 6) is -0.249. The van der Waals surface area contributed by atoms with Crippen LogP contribution >= 0.6 is 11.3 Å². The van der Waals surface area contributed by atoms with E-state index in [1.54, 1.807) is 0 Å². The first-order valence-corrected chi connectivity index (χ1v) is 9.09. The first-order chi connectivity index (χ1) is 11.7. The third-order valence-electron chi connectivity index (χ3n) is 4.28. The Morgan fingerprint density at radius 1 is 1.29 bits per heavy atom. The molecule has 2 aromatic rings. The van der Waals surface area contributed by atoms with Crippen LogP contribution in [0.15, 0.2) is 29.8 Å². The van der Waals surface area contributed by atoms with Crippen LogP contribution in [0.4, 0.5) is 5.69 Å². The average molecular weight is 345 g/mol. The highest BCUT2D eigenvalue weighted by molar-refractivity contribution is 7.12. The highest BCUT2D eigenvalue weighted by atomic mass is 32.1. The van der Waals surface area contributed by atoms with Crippen LogP contribution in [-0.4, -0.2) is 49.1 Å². The second-order valence-electron chi connectivity index (χ2n) is 6.08. The zero-order valence-corrected chi connectivity index (χ0v) is 15.0. The number of aromatic nitrogens is 1. The number of rotatable bonds is 4. The molecular weight excluding hydrogens is 322 g/mol. The third kappa shape index (κ3) is 4.13. The van der Waals surface area contributed by atoms with Crippen molar-refractivity contribution >= 4 is 23.0 Å². The SMILES string of the molecule is COC(=O)c1cc(CN2CCCN(c3ccnc(C)c3)CC2)cs1. The molecule has 0 bridgehead atoms. The molecule has 1 fully saturated rings. The molecule has 0 radical (unpaired) electrons. The number of carbonyl (C=O) groups is 1. The van der Waals surface area contributed by atoms with E-state index < -0.39 is 0 Å². The summed E-state index contributed by atoms with van der Waals surface area (Å²) in [6.07, 6.45) is 3.02. The summed E-state index contributed by atoms with van der Waals surface area (Å²) in [6, 6.07) is 6.19. The Balaban J connectivity index is 1.59. The zero-order chi connectivity index (χ0) is 16.9. The van der Waals surface area contributed by atoms with Crippen LogP contribution in [0.3, 0.4) is 0 Å². The van der Waals surface area contributed by atoms with Crippen molar-refractivity contribution in [3.63, 3.8) is 0 Å².